The molecule has 0 bridgehead atoms. The van der Waals surface area contributed by atoms with Crippen molar-refractivity contribution in [1.29, 1.82) is 0 Å². The number of likely N-dealkylation sites (N-methyl/N-ethyl adjacent to an activating group) is 1. The number of amides is 1. The van der Waals surface area contributed by atoms with Gasteiger partial charge >= 0.3 is 0 Å². The molecule has 1 atom stereocenters. The van der Waals surface area contributed by atoms with Gasteiger partial charge < -0.3 is 10.2 Å². The van der Waals surface area contributed by atoms with E-state index in [1.54, 1.807) is 6.20 Å². The normalized spacial score (nSPS) is 18.0. The van der Waals surface area contributed by atoms with Crippen molar-refractivity contribution in [3.63, 3.8) is 0 Å². The SMILES string of the molecule is CN(C)CCNC(=O)C1CN(Cc2cccnc2)Cc2ccnn2C1. The molecule has 7 nitrogen and oxygen atoms in total. The second kappa shape index (κ2) is 8.22. The minimum atomic E-state index is -0.111. The van der Waals surface area contributed by atoms with Crippen molar-refractivity contribution in [3.05, 3.63) is 48.0 Å². The lowest BCUT2D eigenvalue weighted by molar-refractivity contribution is -0.126. The van der Waals surface area contributed by atoms with E-state index in [0.29, 0.717) is 19.6 Å². The molecule has 1 unspecified atom stereocenters. The second-order valence-corrected chi connectivity index (χ2v) is 6.83. The summed E-state index contributed by atoms with van der Waals surface area (Å²) in [5, 5.41) is 7.45. The number of hydrogen-bond acceptors (Lipinski definition) is 5. The average Bonchev–Trinajstić information content (AvgIpc) is 2.94. The highest BCUT2D eigenvalue weighted by molar-refractivity contribution is 5.78. The van der Waals surface area contributed by atoms with Gasteiger partial charge in [0.1, 0.15) is 0 Å². The van der Waals surface area contributed by atoms with E-state index in [1.165, 1.54) is 0 Å². The number of pyridine rings is 1. The molecule has 1 aliphatic rings. The molecule has 1 N–H and O–H groups in total. The van der Waals surface area contributed by atoms with E-state index in [-0.39, 0.29) is 11.8 Å². The summed E-state index contributed by atoms with van der Waals surface area (Å²) in [5.41, 5.74) is 2.30. The number of nitrogens with zero attached hydrogens (tertiary/aromatic N) is 5. The third-order valence-electron chi connectivity index (χ3n) is 4.42. The summed E-state index contributed by atoms with van der Waals surface area (Å²) >= 11 is 0. The summed E-state index contributed by atoms with van der Waals surface area (Å²) in [6.45, 7) is 4.41. The van der Waals surface area contributed by atoms with Crippen molar-refractivity contribution in [2.24, 2.45) is 5.92 Å². The van der Waals surface area contributed by atoms with Crippen molar-refractivity contribution >= 4 is 5.91 Å². The first kappa shape index (κ1) is 17.6. The number of nitrogens with one attached hydrogen (secondary N) is 1. The van der Waals surface area contributed by atoms with Crippen LogP contribution in [0.4, 0.5) is 0 Å². The molecule has 0 saturated carbocycles. The zero-order valence-electron chi connectivity index (χ0n) is 14.9. The lowest BCUT2D eigenvalue weighted by Gasteiger charge is -2.23. The van der Waals surface area contributed by atoms with Gasteiger partial charge in [-0.15, -0.1) is 0 Å². The molecule has 7 heteroatoms. The number of carbonyl (C=O) groups is 1. The number of aromatic nitrogens is 3. The summed E-state index contributed by atoms with van der Waals surface area (Å²) in [6, 6.07) is 6.05. The lowest BCUT2D eigenvalue weighted by atomic mass is 10.1. The Morgan fingerprint density at radius 2 is 2.20 bits per heavy atom. The fraction of sp³-hybridized carbons (Fsp3) is 0.500. The molecule has 3 heterocycles. The van der Waals surface area contributed by atoms with Crippen LogP contribution in [0.1, 0.15) is 11.3 Å². The summed E-state index contributed by atoms with van der Waals surface area (Å²) in [6.07, 6.45) is 5.47. The van der Waals surface area contributed by atoms with Crippen LogP contribution in [0.25, 0.3) is 0 Å². The molecule has 134 valence electrons. The molecule has 0 aliphatic carbocycles. The maximum atomic E-state index is 12.7. The number of rotatable bonds is 6. The molecule has 3 rings (SSSR count). The van der Waals surface area contributed by atoms with E-state index in [1.807, 2.05) is 43.3 Å². The van der Waals surface area contributed by atoms with Crippen molar-refractivity contribution in [2.45, 2.75) is 19.6 Å². The van der Waals surface area contributed by atoms with Crippen LogP contribution in [0.3, 0.4) is 0 Å². The third-order valence-corrected chi connectivity index (χ3v) is 4.42. The Hall–Kier alpha value is -2.25. The Morgan fingerprint density at radius 3 is 2.96 bits per heavy atom. The van der Waals surface area contributed by atoms with Gasteiger partial charge in [0.15, 0.2) is 0 Å². The van der Waals surface area contributed by atoms with E-state index >= 15 is 0 Å². The van der Waals surface area contributed by atoms with Crippen LogP contribution in [0, 0.1) is 5.92 Å². The standard InChI is InChI=1S/C18H26N6O/c1-22(2)9-8-20-18(25)16-12-23(11-15-4-3-6-19-10-15)14-17-5-7-21-24(17)13-16/h3-7,10,16H,8-9,11-14H2,1-2H3,(H,20,25). The molecule has 2 aromatic rings. The van der Waals surface area contributed by atoms with Crippen LogP contribution in [0.2, 0.25) is 0 Å². The Morgan fingerprint density at radius 1 is 1.32 bits per heavy atom. The van der Waals surface area contributed by atoms with Gasteiger partial charge in [-0.05, 0) is 31.8 Å². The molecule has 0 aromatic carbocycles. The van der Waals surface area contributed by atoms with Crippen LogP contribution in [0.5, 0.6) is 0 Å². The molecule has 1 amide bonds. The Kier molecular flexibility index (Phi) is 5.78. The topological polar surface area (TPSA) is 66.3 Å². The monoisotopic (exact) mass is 342 g/mol. The second-order valence-electron chi connectivity index (χ2n) is 6.83. The van der Waals surface area contributed by atoms with Crippen LogP contribution in [-0.2, 0) is 24.4 Å². The zero-order chi connectivity index (χ0) is 17.6. The fourth-order valence-corrected chi connectivity index (χ4v) is 3.11. The number of fused-ring (bicyclic) bond motifs is 1. The summed E-state index contributed by atoms with van der Waals surface area (Å²) in [7, 11) is 4.01. The molecule has 0 radical (unpaired) electrons. The first-order chi connectivity index (χ1) is 12.1. The average molecular weight is 342 g/mol. The predicted octanol–water partition coefficient (Wildman–Crippen LogP) is 0.588. The molecule has 0 spiro atoms. The Bertz CT molecular complexity index is 684. The van der Waals surface area contributed by atoms with Crippen LogP contribution >= 0.6 is 0 Å². The van der Waals surface area contributed by atoms with E-state index in [2.05, 4.69) is 31.3 Å². The minimum Gasteiger partial charge on any atom is -0.354 e. The fourth-order valence-electron chi connectivity index (χ4n) is 3.11. The first-order valence-electron chi connectivity index (χ1n) is 8.66. The molecule has 0 saturated heterocycles. The van der Waals surface area contributed by atoms with Gasteiger partial charge in [-0.3, -0.25) is 19.4 Å². The summed E-state index contributed by atoms with van der Waals surface area (Å²) in [4.78, 5) is 21.2. The molecular formula is C18H26N6O. The highest BCUT2D eigenvalue weighted by Gasteiger charge is 2.27. The van der Waals surface area contributed by atoms with Gasteiger partial charge in [-0.25, -0.2) is 0 Å². The predicted molar refractivity (Wildman–Crippen MR) is 95.6 cm³/mol. The highest BCUT2D eigenvalue weighted by Crippen LogP contribution is 2.18. The van der Waals surface area contributed by atoms with Gasteiger partial charge in [0.05, 0.1) is 18.2 Å². The largest absolute Gasteiger partial charge is 0.354 e. The van der Waals surface area contributed by atoms with Gasteiger partial charge in [0.2, 0.25) is 5.91 Å². The maximum Gasteiger partial charge on any atom is 0.226 e. The van der Waals surface area contributed by atoms with Crippen molar-refractivity contribution < 1.29 is 4.79 Å². The molecule has 25 heavy (non-hydrogen) atoms. The lowest BCUT2D eigenvalue weighted by Crippen LogP contribution is -2.41. The Balaban J connectivity index is 1.69. The van der Waals surface area contributed by atoms with Crippen molar-refractivity contribution in [3.8, 4) is 0 Å². The molecule has 1 aliphatic heterocycles. The van der Waals surface area contributed by atoms with Crippen molar-refractivity contribution in [2.75, 3.05) is 33.7 Å². The Labute approximate surface area is 148 Å². The van der Waals surface area contributed by atoms with E-state index in [0.717, 1.165) is 30.9 Å². The van der Waals surface area contributed by atoms with Crippen LogP contribution < -0.4 is 5.32 Å². The van der Waals surface area contributed by atoms with Gasteiger partial charge in [0, 0.05) is 51.3 Å². The zero-order valence-corrected chi connectivity index (χ0v) is 14.9. The molecule has 0 fully saturated rings. The third kappa shape index (κ3) is 4.87. The summed E-state index contributed by atoms with van der Waals surface area (Å²) in [5.74, 6) is -0.0126. The van der Waals surface area contributed by atoms with Crippen molar-refractivity contribution in [1.82, 2.24) is 29.9 Å². The number of hydrogen-bond donors (Lipinski definition) is 1. The van der Waals surface area contributed by atoms with Gasteiger partial charge in [-0.2, -0.15) is 5.10 Å². The first-order valence-corrected chi connectivity index (χ1v) is 8.66. The van der Waals surface area contributed by atoms with Gasteiger partial charge in [0.25, 0.3) is 0 Å². The van der Waals surface area contributed by atoms with E-state index < -0.39 is 0 Å². The van der Waals surface area contributed by atoms with Crippen LogP contribution in [0.15, 0.2) is 36.8 Å². The highest BCUT2D eigenvalue weighted by atomic mass is 16.1. The van der Waals surface area contributed by atoms with E-state index in [9.17, 15) is 4.79 Å². The maximum absolute atomic E-state index is 12.7. The minimum absolute atomic E-state index is 0.0985. The van der Waals surface area contributed by atoms with E-state index in [4.69, 9.17) is 0 Å². The smallest absolute Gasteiger partial charge is 0.226 e. The molecule has 2 aromatic heterocycles. The molecular weight excluding hydrogens is 316 g/mol. The van der Waals surface area contributed by atoms with Gasteiger partial charge in [-0.1, -0.05) is 6.07 Å². The summed E-state index contributed by atoms with van der Waals surface area (Å²) < 4.78 is 1.96. The number of carbonyl (C=O) groups excluding carboxylic acids is 1. The quantitative estimate of drug-likeness (QED) is 0.832. The van der Waals surface area contributed by atoms with Crippen LogP contribution in [-0.4, -0.2) is 64.2 Å².